The van der Waals surface area contributed by atoms with Crippen LogP contribution < -0.4 is 16.0 Å². The standard InChI is InChI=1S/C16H33N5O2S.HI/c1-16(2,3)24(23)11-8-19-15(18-5)20-13-6-9-21(10-7-13)12-14(22)17-4;/h13H,6-12H2,1-5H3,(H,17,22)(H2,18,19,20);1H. The molecule has 0 aromatic heterocycles. The maximum Gasteiger partial charge on any atom is 0.233 e. The minimum atomic E-state index is -0.864. The van der Waals surface area contributed by atoms with Crippen molar-refractivity contribution in [3.63, 3.8) is 0 Å². The number of guanidine groups is 1. The molecule has 0 aliphatic carbocycles. The molecule has 1 aliphatic heterocycles. The lowest BCUT2D eigenvalue weighted by molar-refractivity contribution is -0.122. The smallest absolute Gasteiger partial charge is 0.233 e. The van der Waals surface area contributed by atoms with Crippen molar-refractivity contribution >= 4 is 46.6 Å². The number of nitrogens with one attached hydrogen (secondary N) is 3. The molecule has 0 bridgehead atoms. The molecule has 1 fully saturated rings. The third-order valence-corrected chi connectivity index (χ3v) is 6.00. The van der Waals surface area contributed by atoms with E-state index in [0.29, 0.717) is 24.9 Å². The Morgan fingerprint density at radius 2 is 1.88 bits per heavy atom. The van der Waals surface area contributed by atoms with E-state index in [-0.39, 0.29) is 34.6 Å². The van der Waals surface area contributed by atoms with Crippen molar-refractivity contribution in [2.45, 2.75) is 44.4 Å². The van der Waals surface area contributed by atoms with Gasteiger partial charge in [0.2, 0.25) is 5.91 Å². The number of aliphatic imine (C=N–C) groups is 1. The van der Waals surface area contributed by atoms with E-state index in [2.05, 4.69) is 25.8 Å². The average molecular weight is 487 g/mol. The zero-order valence-corrected chi connectivity index (χ0v) is 19.2. The average Bonchev–Trinajstić information content (AvgIpc) is 2.54. The molecule has 1 rings (SSSR count). The van der Waals surface area contributed by atoms with Gasteiger partial charge >= 0.3 is 0 Å². The Morgan fingerprint density at radius 1 is 1.28 bits per heavy atom. The van der Waals surface area contributed by atoms with Crippen LogP contribution in [-0.2, 0) is 15.6 Å². The van der Waals surface area contributed by atoms with Gasteiger partial charge in [0.15, 0.2) is 5.96 Å². The van der Waals surface area contributed by atoms with Gasteiger partial charge in [0.05, 0.1) is 6.54 Å². The fraction of sp³-hybridized carbons (Fsp3) is 0.875. The molecule has 0 radical (unpaired) electrons. The SMILES string of the molecule is CN=C(NCCS(=O)C(C)(C)C)NC1CCN(CC(=O)NC)CC1.I. The molecule has 0 aromatic rings. The summed E-state index contributed by atoms with van der Waals surface area (Å²) in [6.45, 7) is 8.87. The highest BCUT2D eigenvalue weighted by molar-refractivity contribution is 14.0. The van der Waals surface area contributed by atoms with Crippen LogP contribution in [0.5, 0.6) is 0 Å². The minimum absolute atomic E-state index is 0. The van der Waals surface area contributed by atoms with Gasteiger partial charge in [-0.3, -0.25) is 18.9 Å². The quantitative estimate of drug-likeness (QED) is 0.289. The summed E-state index contributed by atoms with van der Waals surface area (Å²) in [6, 6.07) is 0.352. The fourth-order valence-electron chi connectivity index (χ4n) is 2.47. The molecule has 7 nitrogen and oxygen atoms in total. The highest BCUT2D eigenvalue weighted by Crippen LogP contribution is 2.11. The van der Waals surface area contributed by atoms with E-state index in [1.165, 1.54) is 0 Å². The van der Waals surface area contributed by atoms with Crippen LogP contribution >= 0.6 is 24.0 Å². The van der Waals surface area contributed by atoms with E-state index >= 15 is 0 Å². The first-order valence-corrected chi connectivity index (χ1v) is 9.86. The van der Waals surface area contributed by atoms with Gasteiger partial charge < -0.3 is 16.0 Å². The van der Waals surface area contributed by atoms with E-state index in [9.17, 15) is 9.00 Å². The molecule has 1 aliphatic rings. The number of hydrogen-bond acceptors (Lipinski definition) is 4. The van der Waals surface area contributed by atoms with Gasteiger partial charge in [-0.25, -0.2) is 0 Å². The predicted octanol–water partition coefficient (Wildman–Crippen LogP) is 0.527. The summed E-state index contributed by atoms with van der Waals surface area (Å²) in [5.41, 5.74) is 0. The Hall–Kier alpha value is -0.420. The lowest BCUT2D eigenvalue weighted by Crippen LogP contribution is -2.50. The van der Waals surface area contributed by atoms with Crippen LogP contribution in [0, 0.1) is 0 Å². The molecule has 3 N–H and O–H groups in total. The molecule has 1 unspecified atom stereocenters. The van der Waals surface area contributed by atoms with Gasteiger partial charge in [0.25, 0.3) is 0 Å². The highest BCUT2D eigenvalue weighted by atomic mass is 127. The van der Waals surface area contributed by atoms with Crippen LogP contribution in [0.1, 0.15) is 33.6 Å². The van der Waals surface area contributed by atoms with Gasteiger partial charge in [-0.05, 0) is 33.6 Å². The summed E-state index contributed by atoms with van der Waals surface area (Å²) in [7, 11) is 2.55. The zero-order valence-electron chi connectivity index (χ0n) is 16.1. The minimum Gasteiger partial charge on any atom is -0.358 e. The van der Waals surface area contributed by atoms with Crippen molar-refractivity contribution in [2.75, 3.05) is 46.0 Å². The molecule has 0 aromatic carbocycles. The van der Waals surface area contributed by atoms with Crippen molar-refractivity contribution in [3.05, 3.63) is 0 Å². The van der Waals surface area contributed by atoms with Gasteiger partial charge in [-0.2, -0.15) is 0 Å². The molecule has 1 heterocycles. The lowest BCUT2D eigenvalue weighted by atomic mass is 10.1. The Kier molecular flexibility index (Phi) is 11.9. The van der Waals surface area contributed by atoms with Crippen molar-refractivity contribution < 1.29 is 9.00 Å². The second-order valence-electron chi connectivity index (χ2n) is 7.03. The summed E-state index contributed by atoms with van der Waals surface area (Å²) >= 11 is 0. The zero-order chi connectivity index (χ0) is 18.2. The van der Waals surface area contributed by atoms with E-state index in [1.54, 1.807) is 14.1 Å². The third kappa shape index (κ3) is 9.74. The van der Waals surface area contributed by atoms with Crippen LogP contribution in [0.3, 0.4) is 0 Å². The van der Waals surface area contributed by atoms with Crippen molar-refractivity contribution in [3.8, 4) is 0 Å². The maximum absolute atomic E-state index is 12.0. The number of carbonyl (C=O) groups excluding carboxylic acids is 1. The number of likely N-dealkylation sites (N-methyl/N-ethyl adjacent to an activating group) is 1. The fourth-order valence-corrected chi connectivity index (χ4v) is 3.37. The number of halogens is 1. The number of likely N-dealkylation sites (tertiary alicyclic amines) is 1. The van der Waals surface area contributed by atoms with E-state index in [4.69, 9.17) is 0 Å². The normalized spacial score (nSPS) is 18.2. The molecule has 1 saturated heterocycles. The lowest BCUT2D eigenvalue weighted by Gasteiger charge is -2.32. The summed E-state index contributed by atoms with van der Waals surface area (Å²) in [6.07, 6.45) is 1.96. The van der Waals surface area contributed by atoms with Gasteiger partial charge in [-0.15, -0.1) is 24.0 Å². The molecule has 25 heavy (non-hydrogen) atoms. The van der Waals surface area contributed by atoms with Crippen LogP contribution in [-0.4, -0.2) is 77.8 Å². The molecule has 1 atom stereocenters. The molecular formula is C16H34IN5O2S. The summed E-state index contributed by atoms with van der Waals surface area (Å²) in [5.74, 6) is 1.42. The first kappa shape index (κ1) is 24.6. The van der Waals surface area contributed by atoms with Crippen molar-refractivity contribution in [2.24, 2.45) is 4.99 Å². The molecule has 9 heteroatoms. The maximum atomic E-state index is 12.0. The van der Waals surface area contributed by atoms with Crippen LogP contribution in [0.15, 0.2) is 4.99 Å². The van der Waals surface area contributed by atoms with E-state index < -0.39 is 10.8 Å². The van der Waals surface area contributed by atoms with Gasteiger partial charge in [0, 0.05) is 61.1 Å². The molecule has 0 saturated carbocycles. The number of nitrogens with zero attached hydrogens (tertiary/aromatic N) is 2. The highest BCUT2D eigenvalue weighted by Gasteiger charge is 2.22. The largest absolute Gasteiger partial charge is 0.358 e. The molecule has 1 amide bonds. The first-order valence-electron chi connectivity index (χ1n) is 8.55. The predicted molar refractivity (Wildman–Crippen MR) is 116 cm³/mol. The van der Waals surface area contributed by atoms with Gasteiger partial charge in [0.1, 0.15) is 0 Å². The van der Waals surface area contributed by atoms with Crippen molar-refractivity contribution in [1.29, 1.82) is 0 Å². The number of hydrogen-bond donors (Lipinski definition) is 3. The van der Waals surface area contributed by atoms with Gasteiger partial charge in [-0.1, -0.05) is 0 Å². The second kappa shape index (κ2) is 12.1. The summed E-state index contributed by atoms with van der Waals surface area (Å²) in [5, 5.41) is 9.32. The number of amides is 1. The third-order valence-electron chi connectivity index (χ3n) is 4.06. The second-order valence-corrected chi connectivity index (χ2v) is 9.35. The number of piperidine rings is 1. The Bertz CT molecular complexity index is 460. The Morgan fingerprint density at radius 3 is 2.36 bits per heavy atom. The molecular weight excluding hydrogens is 453 g/mol. The Labute approximate surface area is 171 Å². The van der Waals surface area contributed by atoms with E-state index in [1.807, 2.05) is 20.8 Å². The molecule has 148 valence electrons. The summed E-state index contributed by atoms with van der Waals surface area (Å²) < 4.78 is 11.9. The number of carbonyl (C=O) groups is 1. The topological polar surface area (TPSA) is 85.8 Å². The molecule has 0 spiro atoms. The number of rotatable bonds is 6. The monoisotopic (exact) mass is 487 g/mol. The van der Waals surface area contributed by atoms with E-state index in [0.717, 1.165) is 31.9 Å². The van der Waals surface area contributed by atoms with Crippen LogP contribution in [0.4, 0.5) is 0 Å². The van der Waals surface area contributed by atoms with Crippen LogP contribution in [0.2, 0.25) is 0 Å². The Balaban J connectivity index is 0.00000576. The van der Waals surface area contributed by atoms with Crippen molar-refractivity contribution in [1.82, 2.24) is 20.9 Å². The first-order chi connectivity index (χ1) is 11.3. The summed E-state index contributed by atoms with van der Waals surface area (Å²) in [4.78, 5) is 17.8. The van der Waals surface area contributed by atoms with Crippen LogP contribution in [0.25, 0.3) is 0 Å².